The first-order valence-electron chi connectivity index (χ1n) is 6.98. The van der Waals surface area contributed by atoms with E-state index in [1.807, 2.05) is 35.2 Å². The SMILES string of the molecule is COc1cccc(/C=C/C(=O)N2CCCN(C)CC2)c1. The van der Waals surface area contributed by atoms with Crippen molar-refractivity contribution in [2.45, 2.75) is 6.42 Å². The van der Waals surface area contributed by atoms with Crippen molar-refractivity contribution in [3.05, 3.63) is 35.9 Å². The maximum atomic E-state index is 12.2. The van der Waals surface area contributed by atoms with Gasteiger partial charge in [0.15, 0.2) is 0 Å². The molecule has 0 spiro atoms. The van der Waals surface area contributed by atoms with E-state index in [-0.39, 0.29) is 5.91 Å². The van der Waals surface area contributed by atoms with Gasteiger partial charge < -0.3 is 14.5 Å². The zero-order chi connectivity index (χ0) is 14.4. The summed E-state index contributed by atoms with van der Waals surface area (Å²) < 4.78 is 5.17. The molecule has 1 aromatic carbocycles. The average Bonchev–Trinajstić information content (AvgIpc) is 2.70. The zero-order valence-electron chi connectivity index (χ0n) is 12.2. The Hall–Kier alpha value is -1.81. The van der Waals surface area contributed by atoms with Gasteiger partial charge in [0.25, 0.3) is 0 Å². The van der Waals surface area contributed by atoms with Gasteiger partial charge in [-0.2, -0.15) is 0 Å². The van der Waals surface area contributed by atoms with Crippen LogP contribution in [0.5, 0.6) is 5.75 Å². The third-order valence-electron chi connectivity index (χ3n) is 3.54. The molecular formula is C16H22N2O2. The number of benzene rings is 1. The smallest absolute Gasteiger partial charge is 0.246 e. The minimum Gasteiger partial charge on any atom is -0.497 e. The first-order chi connectivity index (χ1) is 9.69. The van der Waals surface area contributed by atoms with E-state index in [0.717, 1.165) is 43.9 Å². The standard InChI is InChI=1S/C16H22N2O2/c1-17-9-4-10-18(12-11-17)16(19)8-7-14-5-3-6-15(13-14)20-2/h3,5-8,13H,4,9-12H2,1-2H3/b8-7+. The van der Waals surface area contributed by atoms with Crippen LogP contribution < -0.4 is 4.74 Å². The van der Waals surface area contributed by atoms with Crippen LogP contribution in [0.3, 0.4) is 0 Å². The summed E-state index contributed by atoms with van der Waals surface area (Å²) in [5, 5.41) is 0. The molecule has 0 N–H and O–H groups in total. The molecule has 20 heavy (non-hydrogen) atoms. The first-order valence-corrected chi connectivity index (χ1v) is 6.98. The summed E-state index contributed by atoms with van der Waals surface area (Å²) in [5.41, 5.74) is 0.977. The molecule has 0 saturated carbocycles. The Morgan fingerprint density at radius 1 is 1.25 bits per heavy atom. The molecule has 0 aliphatic carbocycles. The van der Waals surface area contributed by atoms with E-state index < -0.39 is 0 Å². The van der Waals surface area contributed by atoms with Gasteiger partial charge in [-0.05, 0) is 43.8 Å². The maximum Gasteiger partial charge on any atom is 0.246 e. The summed E-state index contributed by atoms with van der Waals surface area (Å²) in [4.78, 5) is 16.4. The first kappa shape index (κ1) is 14.6. The largest absolute Gasteiger partial charge is 0.497 e. The molecule has 1 heterocycles. The molecule has 0 unspecified atom stereocenters. The molecule has 0 radical (unpaired) electrons. The van der Waals surface area contributed by atoms with Crippen LogP contribution in [0.1, 0.15) is 12.0 Å². The Labute approximate surface area is 120 Å². The fourth-order valence-electron chi connectivity index (χ4n) is 2.29. The molecule has 108 valence electrons. The van der Waals surface area contributed by atoms with E-state index in [0.29, 0.717) is 0 Å². The zero-order valence-corrected chi connectivity index (χ0v) is 12.2. The third kappa shape index (κ3) is 4.10. The molecule has 1 saturated heterocycles. The highest BCUT2D eigenvalue weighted by atomic mass is 16.5. The second-order valence-electron chi connectivity index (χ2n) is 5.09. The molecule has 1 fully saturated rings. The Morgan fingerprint density at radius 3 is 2.90 bits per heavy atom. The number of carbonyl (C=O) groups is 1. The van der Waals surface area contributed by atoms with Crippen LogP contribution in [0.15, 0.2) is 30.3 Å². The molecule has 4 nitrogen and oxygen atoms in total. The van der Waals surface area contributed by atoms with Crippen LogP contribution in [0.4, 0.5) is 0 Å². The highest BCUT2D eigenvalue weighted by Gasteiger charge is 2.14. The second kappa shape index (κ2) is 7.10. The van der Waals surface area contributed by atoms with E-state index in [4.69, 9.17) is 4.74 Å². The van der Waals surface area contributed by atoms with Gasteiger partial charge in [-0.3, -0.25) is 4.79 Å². The molecule has 0 atom stereocenters. The van der Waals surface area contributed by atoms with Crippen LogP contribution in [0.2, 0.25) is 0 Å². The summed E-state index contributed by atoms with van der Waals surface area (Å²) in [6.45, 7) is 3.64. The number of hydrogen-bond acceptors (Lipinski definition) is 3. The van der Waals surface area contributed by atoms with E-state index in [1.165, 1.54) is 0 Å². The van der Waals surface area contributed by atoms with Crippen molar-refractivity contribution in [2.75, 3.05) is 40.3 Å². The molecule has 0 aromatic heterocycles. The summed E-state index contributed by atoms with van der Waals surface area (Å²) >= 11 is 0. The monoisotopic (exact) mass is 274 g/mol. The van der Waals surface area contributed by atoms with Gasteiger partial charge in [-0.1, -0.05) is 12.1 Å². The van der Waals surface area contributed by atoms with Crippen LogP contribution in [-0.4, -0.2) is 56.0 Å². The van der Waals surface area contributed by atoms with Crippen molar-refractivity contribution in [3.8, 4) is 5.75 Å². The van der Waals surface area contributed by atoms with Crippen LogP contribution in [0.25, 0.3) is 6.08 Å². The summed E-state index contributed by atoms with van der Waals surface area (Å²) in [6, 6.07) is 7.69. The molecule has 1 aromatic rings. The minimum absolute atomic E-state index is 0.0862. The maximum absolute atomic E-state index is 12.2. The van der Waals surface area contributed by atoms with Gasteiger partial charge in [-0.25, -0.2) is 0 Å². The van der Waals surface area contributed by atoms with Gasteiger partial charge >= 0.3 is 0 Å². The number of methoxy groups -OCH3 is 1. The number of nitrogens with zero attached hydrogens (tertiary/aromatic N) is 2. The number of ether oxygens (including phenoxy) is 1. The molecule has 2 rings (SSSR count). The van der Waals surface area contributed by atoms with E-state index in [9.17, 15) is 4.79 Å². The Balaban J connectivity index is 1.97. The van der Waals surface area contributed by atoms with Crippen molar-refractivity contribution in [1.29, 1.82) is 0 Å². The van der Waals surface area contributed by atoms with E-state index in [1.54, 1.807) is 13.2 Å². The molecule has 1 aliphatic rings. The topological polar surface area (TPSA) is 32.8 Å². The lowest BCUT2D eigenvalue weighted by Gasteiger charge is -2.18. The summed E-state index contributed by atoms with van der Waals surface area (Å²) in [6.07, 6.45) is 4.54. The molecule has 1 aliphatic heterocycles. The van der Waals surface area contributed by atoms with Gasteiger partial charge in [0, 0.05) is 25.7 Å². The lowest BCUT2D eigenvalue weighted by atomic mass is 10.2. The second-order valence-corrected chi connectivity index (χ2v) is 5.09. The third-order valence-corrected chi connectivity index (χ3v) is 3.54. The Morgan fingerprint density at radius 2 is 2.10 bits per heavy atom. The lowest BCUT2D eigenvalue weighted by molar-refractivity contribution is -0.125. The quantitative estimate of drug-likeness (QED) is 0.789. The summed E-state index contributed by atoms with van der Waals surface area (Å²) in [5.74, 6) is 0.888. The molecular weight excluding hydrogens is 252 g/mol. The number of amides is 1. The fraction of sp³-hybridized carbons (Fsp3) is 0.438. The van der Waals surface area contributed by atoms with Crippen molar-refractivity contribution in [2.24, 2.45) is 0 Å². The van der Waals surface area contributed by atoms with E-state index >= 15 is 0 Å². The van der Waals surface area contributed by atoms with Crippen molar-refractivity contribution in [1.82, 2.24) is 9.80 Å². The number of rotatable bonds is 3. The van der Waals surface area contributed by atoms with Crippen molar-refractivity contribution < 1.29 is 9.53 Å². The lowest BCUT2D eigenvalue weighted by Crippen LogP contribution is -2.33. The summed E-state index contributed by atoms with van der Waals surface area (Å²) in [7, 11) is 3.74. The van der Waals surface area contributed by atoms with E-state index in [2.05, 4.69) is 11.9 Å². The Bertz CT molecular complexity index is 485. The molecule has 0 bridgehead atoms. The highest BCUT2D eigenvalue weighted by molar-refractivity contribution is 5.91. The van der Waals surface area contributed by atoms with Crippen LogP contribution in [-0.2, 0) is 4.79 Å². The minimum atomic E-state index is 0.0862. The molecule has 4 heteroatoms. The van der Waals surface area contributed by atoms with Gasteiger partial charge in [-0.15, -0.1) is 0 Å². The van der Waals surface area contributed by atoms with Crippen molar-refractivity contribution >= 4 is 12.0 Å². The molecule has 1 amide bonds. The number of hydrogen-bond donors (Lipinski definition) is 0. The van der Waals surface area contributed by atoms with Gasteiger partial charge in [0.1, 0.15) is 5.75 Å². The highest BCUT2D eigenvalue weighted by Crippen LogP contribution is 2.14. The van der Waals surface area contributed by atoms with Crippen LogP contribution >= 0.6 is 0 Å². The van der Waals surface area contributed by atoms with Crippen LogP contribution in [0, 0.1) is 0 Å². The predicted molar refractivity (Wildman–Crippen MR) is 80.7 cm³/mol. The Kier molecular flexibility index (Phi) is 5.18. The number of carbonyl (C=O) groups excluding carboxylic acids is 1. The average molecular weight is 274 g/mol. The fourth-order valence-corrected chi connectivity index (χ4v) is 2.29. The van der Waals surface area contributed by atoms with Crippen molar-refractivity contribution in [3.63, 3.8) is 0 Å². The van der Waals surface area contributed by atoms with Gasteiger partial charge in [0.05, 0.1) is 7.11 Å². The predicted octanol–water partition coefficient (Wildman–Crippen LogP) is 1.87. The normalized spacial score (nSPS) is 17.2. The van der Waals surface area contributed by atoms with Gasteiger partial charge in [0.2, 0.25) is 5.91 Å². The number of likely N-dealkylation sites (N-methyl/N-ethyl adjacent to an activating group) is 1.